The molecule has 0 fully saturated rings. The fourth-order valence-electron chi connectivity index (χ4n) is 3.17. The van der Waals surface area contributed by atoms with Gasteiger partial charge in [0.2, 0.25) is 11.7 Å². The van der Waals surface area contributed by atoms with Gasteiger partial charge in [0.25, 0.3) is 5.91 Å². The third-order valence-electron chi connectivity index (χ3n) is 4.68. The largest absolute Gasteiger partial charge is 0.345 e. The molecule has 5 rings (SSSR count). The number of nitrogens with zero attached hydrogens (tertiary/aromatic N) is 4. The maximum Gasteiger partial charge on any atom is 0.255 e. The van der Waals surface area contributed by atoms with Crippen LogP contribution >= 0.6 is 0 Å². The molecule has 3 heterocycles. The van der Waals surface area contributed by atoms with Crippen LogP contribution in [0.2, 0.25) is 0 Å². The fourth-order valence-corrected chi connectivity index (χ4v) is 3.17. The average molecular weight is 396 g/mol. The lowest BCUT2D eigenvalue weighted by Gasteiger charge is -2.10. The van der Waals surface area contributed by atoms with E-state index in [1.807, 2.05) is 42.5 Å². The fraction of sp³-hybridized carbons (Fsp3) is 0.0455. The van der Waals surface area contributed by atoms with Crippen molar-refractivity contribution >= 4 is 22.6 Å². The number of amides is 1. The number of rotatable bonds is 5. The van der Waals surface area contributed by atoms with Gasteiger partial charge in [0.05, 0.1) is 23.8 Å². The molecular formula is C22H16N6O2. The first-order valence-electron chi connectivity index (χ1n) is 9.32. The van der Waals surface area contributed by atoms with E-state index in [0.29, 0.717) is 29.4 Å². The van der Waals surface area contributed by atoms with Crippen molar-refractivity contribution in [3.05, 3.63) is 90.3 Å². The molecule has 0 aliphatic rings. The Kier molecular flexibility index (Phi) is 4.49. The molecule has 0 aliphatic carbocycles. The van der Waals surface area contributed by atoms with Crippen molar-refractivity contribution in [1.82, 2.24) is 25.1 Å². The number of para-hydroxylation sites is 1. The second-order valence-corrected chi connectivity index (χ2v) is 6.68. The van der Waals surface area contributed by atoms with Gasteiger partial charge in [-0.05, 0) is 42.0 Å². The number of imidazole rings is 1. The van der Waals surface area contributed by atoms with E-state index in [4.69, 9.17) is 4.52 Å². The molecule has 1 amide bonds. The van der Waals surface area contributed by atoms with E-state index in [9.17, 15) is 4.79 Å². The highest BCUT2D eigenvalue weighted by Gasteiger charge is 2.14. The van der Waals surface area contributed by atoms with E-state index in [0.717, 1.165) is 22.2 Å². The number of carbonyl (C=O) groups is 1. The number of hydrogen-bond donors (Lipinski definition) is 2. The van der Waals surface area contributed by atoms with Crippen molar-refractivity contribution in [1.29, 1.82) is 0 Å². The van der Waals surface area contributed by atoms with Gasteiger partial charge in [-0.2, -0.15) is 4.98 Å². The topological polar surface area (TPSA) is 110 Å². The molecule has 8 heteroatoms. The molecular weight excluding hydrogens is 380 g/mol. The number of anilines is 1. The normalized spacial score (nSPS) is 10.9. The van der Waals surface area contributed by atoms with Crippen molar-refractivity contribution in [3.63, 3.8) is 0 Å². The van der Waals surface area contributed by atoms with Crippen LogP contribution in [0, 0.1) is 0 Å². The number of H-pyrrole nitrogens is 1. The van der Waals surface area contributed by atoms with Crippen molar-refractivity contribution < 1.29 is 9.32 Å². The van der Waals surface area contributed by atoms with Crippen molar-refractivity contribution in [2.24, 2.45) is 0 Å². The van der Waals surface area contributed by atoms with E-state index in [1.54, 1.807) is 30.9 Å². The summed E-state index contributed by atoms with van der Waals surface area (Å²) >= 11 is 0. The van der Waals surface area contributed by atoms with Crippen LogP contribution in [0.1, 0.15) is 21.8 Å². The van der Waals surface area contributed by atoms with Crippen molar-refractivity contribution in [2.75, 3.05) is 5.32 Å². The second kappa shape index (κ2) is 7.59. The third-order valence-corrected chi connectivity index (χ3v) is 4.68. The Morgan fingerprint density at radius 1 is 1.10 bits per heavy atom. The van der Waals surface area contributed by atoms with Crippen LogP contribution in [0.3, 0.4) is 0 Å². The van der Waals surface area contributed by atoms with Crippen LogP contribution < -0.4 is 5.32 Å². The number of hydrogen-bond acceptors (Lipinski definition) is 6. The minimum Gasteiger partial charge on any atom is -0.345 e. The average Bonchev–Trinajstić information content (AvgIpc) is 3.44. The first kappa shape index (κ1) is 17.7. The Morgan fingerprint density at radius 3 is 2.93 bits per heavy atom. The summed E-state index contributed by atoms with van der Waals surface area (Å²) in [5.41, 5.74) is 4.50. The van der Waals surface area contributed by atoms with Gasteiger partial charge in [0.15, 0.2) is 0 Å². The summed E-state index contributed by atoms with van der Waals surface area (Å²) in [6.07, 6.45) is 5.36. The van der Waals surface area contributed by atoms with Gasteiger partial charge in [-0.25, -0.2) is 4.98 Å². The number of aromatic amines is 1. The van der Waals surface area contributed by atoms with Crippen LogP contribution in [0.25, 0.3) is 22.4 Å². The maximum absolute atomic E-state index is 12.8. The molecule has 0 saturated heterocycles. The predicted molar refractivity (Wildman–Crippen MR) is 111 cm³/mol. The number of aromatic nitrogens is 5. The quantitative estimate of drug-likeness (QED) is 0.467. The van der Waals surface area contributed by atoms with Crippen LogP contribution in [0.5, 0.6) is 0 Å². The van der Waals surface area contributed by atoms with Crippen molar-refractivity contribution in [2.45, 2.75) is 6.42 Å². The predicted octanol–water partition coefficient (Wildman–Crippen LogP) is 3.85. The zero-order valence-corrected chi connectivity index (χ0v) is 15.7. The van der Waals surface area contributed by atoms with Crippen LogP contribution in [0.15, 0.2) is 77.8 Å². The van der Waals surface area contributed by atoms with E-state index >= 15 is 0 Å². The highest BCUT2D eigenvalue weighted by atomic mass is 16.5. The smallest absolute Gasteiger partial charge is 0.255 e. The van der Waals surface area contributed by atoms with E-state index in [-0.39, 0.29) is 5.91 Å². The van der Waals surface area contributed by atoms with E-state index in [2.05, 4.69) is 30.4 Å². The van der Waals surface area contributed by atoms with Crippen LogP contribution in [-0.2, 0) is 6.42 Å². The summed E-state index contributed by atoms with van der Waals surface area (Å²) in [6, 6.07) is 16.6. The first-order chi connectivity index (χ1) is 14.8. The molecule has 5 aromatic rings. The Bertz CT molecular complexity index is 1330. The lowest BCUT2D eigenvalue weighted by atomic mass is 10.1. The summed E-state index contributed by atoms with van der Waals surface area (Å²) in [7, 11) is 0. The molecule has 0 bridgehead atoms. The molecule has 0 radical (unpaired) electrons. The minimum atomic E-state index is -0.208. The van der Waals surface area contributed by atoms with Gasteiger partial charge in [-0.15, -0.1) is 0 Å². The molecule has 2 N–H and O–H groups in total. The standard InChI is InChI=1S/C22H16N6O2/c29-22(15-7-8-18-19(10-15)25-13-24-18)26-17-6-2-1-4-14(17)11-20-27-21(28-30-20)16-5-3-9-23-12-16/h1-10,12-13H,11H2,(H,24,25)(H,26,29). The maximum atomic E-state index is 12.8. The lowest BCUT2D eigenvalue weighted by molar-refractivity contribution is 0.102. The number of pyridine rings is 1. The molecule has 2 aromatic carbocycles. The van der Waals surface area contributed by atoms with Gasteiger partial charge in [0.1, 0.15) is 0 Å². The second-order valence-electron chi connectivity index (χ2n) is 6.68. The molecule has 0 spiro atoms. The molecule has 30 heavy (non-hydrogen) atoms. The summed E-state index contributed by atoms with van der Waals surface area (Å²) in [5, 5.41) is 6.99. The molecule has 0 aliphatic heterocycles. The van der Waals surface area contributed by atoms with E-state index < -0.39 is 0 Å². The number of carbonyl (C=O) groups excluding carboxylic acids is 1. The summed E-state index contributed by atoms with van der Waals surface area (Å²) in [5.74, 6) is 0.724. The van der Waals surface area contributed by atoms with Crippen LogP contribution in [0.4, 0.5) is 5.69 Å². The Morgan fingerprint density at radius 2 is 2.03 bits per heavy atom. The summed E-state index contributed by atoms with van der Waals surface area (Å²) in [4.78, 5) is 28.5. The third kappa shape index (κ3) is 3.53. The molecule has 0 atom stereocenters. The molecule has 0 saturated carbocycles. The molecule has 8 nitrogen and oxygen atoms in total. The highest BCUT2D eigenvalue weighted by molar-refractivity contribution is 6.06. The first-order valence-corrected chi connectivity index (χ1v) is 9.32. The molecule has 0 unspecified atom stereocenters. The molecule has 3 aromatic heterocycles. The zero-order valence-electron chi connectivity index (χ0n) is 15.7. The van der Waals surface area contributed by atoms with Gasteiger partial charge in [-0.3, -0.25) is 9.78 Å². The number of benzene rings is 2. The van der Waals surface area contributed by atoms with Gasteiger partial charge in [-0.1, -0.05) is 23.4 Å². The summed E-state index contributed by atoms with van der Waals surface area (Å²) in [6.45, 7) is 0. The number of fused-ring (bicyclic) bond motifs is 1. The zero-order chi connectivity index (χ0) is 20.3. The van der Waals surface area contributed by atoms with Gasteiger partial charge in [0, 0.05) is 29.2 Å². The van der Waals surface area contributed by atoms with Gasteiger partial charge >= 0.3 is 0 Å². The Balaban J connectivity index is 1.36. The lowest BCUT2D eigenvalue weighted by Crippen LogP contribution is -2.13. The summed E-state index contributed by atoms with van der Waals surface area (Å²) < 4.78 is 5.39. The SMILES string of the molecule is O=C(Nc1ccccc1Cc1nc(-c2cccnc2)no1)c1ccc2nc[nH]c2c1. The Hall–Kier alpha value is -4.33. The Labute approximate surface area is 171 Å². The minimum absolute atomic E-state index is 0.208. The van der Waals surface area contributed by atoms with Gasteiger partial charge < -0.3 is 14.8 Å². The van der Waals surface area contributed by atoms with Crippen molar-refractivity contribution in [3.8, 4) is 11.4 Å². The number of nitrogens with one attached hydrogen (secondary N) is 2. The van der Waals surface area contributed by atoms with Crippen LogP contribution in [-0.4, -0.2) is 31.0 Å². The monoisotopic (exact) mass is 396 g/mol. The highest BCUT2D eigenvalue weighted by Crippen LogP contribution is 2.22. The molecule has 146 valence electrons. The van der Waals surface area contributed by atoms with E-state index in [1.165, 1.54) is 0 Å².